The number of hydrogen-bond donors (Lipinski definition) is 2. The molecule has 0 saturated heterocycles. The minimum atomic E-state index is 0.0117. The lowest BCUT2D eigenvalue weighted by molar-refractivity contribution is 0.388. The standard InChI is InChI=1S/C9H12BrN5O/c1-5(7-3-4-8(10)16-7)11-6(2)9-12-14-15-13-9/h3-6,11H,1-2H3,(H,12,13,14,15). The third-order valence-corrected chi connectivity index (χ3v) is 2.70. The van der Waals surface area contributed by atoms with Crippen molar-refractivity contribution < 1.29 is 4.42 Å². The molecule has 0 fully saturated rings. The molecule has 2 N–H and O–H groups in total. The number of nitrogens with one attached hydrogen (secondary N) is 2. The van der Waals surface area contributed by atoms with Gasteiger partial charge in [-0.25, -0.2) is 0 Å². The SMILES string of the molecule is CC(NC(C)c1ccc(Br)o1)c1nn[nH]n1. The summed E-state index contributed by atoms with van der Waals surface area (Å²) in [5.74, 6) is 1.50. The van der Waals surface area contributed by atoms with Crippen LogP contribution in [0.25, 0.3) is 0 Å². The van der Waals surface area contributed by atoms with Crippen LogP contribution in [0.4, 0.5) is 0 Å². The molecule has 2 unspecified atom stereocenters. The highest BCUT2D eigenvalue weighted by molar-refractivity contribution is 9.10. The topological polar surface area (TPSA) is 79.6 Å². The maximum atomic E-state index is 5.45. The van der Waals surface area contributed by atoms with Gasteiger partial charge >= 0.3 is 0 Å². The van der Waals surface area contributed by atoms with E-state index in [9.17, 15) is 0 Å². The maximum Gasteiger partial charge on any atom is 0.191 e. The van der Waals surface area contributed by atoms with Crippen LogP contribution in [0.2, 0.25) is 0 Å². The fourth-order valence-electron chi connectivity index (χ4n) is 1.45. The van der Waals surface area contributed by atoms with Gasteiger partial charge in [-0.2, -0.15) is 5.21 Å². The quantitative estimate of drug-likeness (QED) is 0.898. The third-order valence-electron chi connectivity index (χ3n) is 2.27. The molecule has 0 amide bonds. The molecule has 0 saturated carbocycles. The van der Waals surface area contributed by atoms with Gasteiger partial charge in [0.15, 0.2) is 10.5 Å². The first-order valence-electron chi connectivity index (χ1n) is 4.91. The van der Waals surface area contributed by atoms with Crippen LogP contribution in [0.15, 0.2) is 21.2 Å². The molecule has 2 rings (SSSR count). The average Bonchev–Trinajstić information content (AvgIpc) is 2.87. The predicted molar refractivity (Wildman–Crippen MR) is 60.6 cm³/mol. The van der Waals surface area contributed by atoms with Gasteiger partial charge in [-0.1, -0.05) is 5.21 Å². The summed E-state index contributed by atoms with van der Waals surface area (Å²) in [5, 5.41) is 17.1. The zero-order chi connectivity index (χ0) is 11.5. The number of aromatic amines is 1. The number of hydrogen-bond acceptors (Lipinski definition) is 5. The predicted octanol–water partition coefficient (Wildman–Crippen LogP) is 1.97. The van der Waals surface area contributed by atoms with Crippen molar-refractivity contribution >= 4 is 15.9 Å². The van der Waals surface area contributed by atoms with E-state index in [2.05, 4.69) is 41.9 Å². The van der Waals surface area contributed by atoms with Crippen LogP contribution >= 0.6 is 15.9 Å². The minimum Gasteiger partial charge on any atom is -0.453 e. The second-order valence-electron chi connectivity index (χ2n) is 3.52. The van der Waals surface area contributed by atoms with Gasteiger partial charge in [0.1, 0.15) is 5.76 Å². The van der Waals surface area contributed by atoms with E-state index in [1.54, 1.807) is 0 Å². The number of furan rings is 1. The van der Waals surface area contributed by atoms with E-state index in [0.29, 0.717) is 5.82 Å². The summed E-state index contributed by atoms with van der Waals surface area (Å²) in [6.45, 7) is 3.99. The summed E-state index contributed by atoms with van der Waals surface area (Å²) in [6, 6.07) is 3.88. The lowest BCUT2D eigenvalue weighted by atomic mass is 10.2. The molecule has 2 aromatic rings. The van der Waals surface area contributed by atoms with Gasteiger partial charge in [0.2, 0.25) is 0 Å². The van der Waals surface area contributed by atoms with E-state index in [1.165, 1.54) is 0 Å². The van der Waals surface area contributed by atoms with Crippen molar-refractivity contribution in [1.29, 1.82) is 0 Å². The van der Waals surface area contributed by atoms with E-state index in [0.717, 1.165) is 10.4 Å². The minimum absolute atomic E-state index is 0.0117. The van der Waals surface area contributed by atoms with Crippen molar-refractivity contribution in [2.75, 3.05) is 0 Å². The van der Waals surface area contributed by atoms with Gasteiger partial charge in [0.05, 0.1) is 12.1 Å². The Kier molecular flexibility index (Phi) is 3.35. The molecule has 0 aliphatic rings. The maximum absolute atomic E-state index is 5.45. The molecule has 6 nitrogen and oxygen atoms in total. The Morgan fingerprint density at radius 2 is 2.19 bits per heavy atom. The van der Waals surface area contributed by atoms with Gasteiger partial charge < -0.3 is 4.42 Å². The summed E-state index contributed by atoms with van der Waals surface area (Å²) in [4.78, 5) is 0. The molecule has 0 bridgehead atoms. The molecule has 0 radical (unpaired) electrons. The van der Waals surface area contributed by atoms with Gasteiger partial charge in [-0.05, 0) is 41.9 Å². The Morgan fingerprint density at radius 1 is 1.38 bits per heavy atom. The number of halogens is 1. The van der Waals surface area contributed by atoms with Crippen molar-refractivity contribution in [2.24, 2.45) is 0 Å². The van der Waals surface area contributed by atoms with Crippen molar-refractivity contribution in [3.63, 3.8) is 0 Å². The molecule has 86 valence electrons. The van der Waals surface area contributed by atoms with E-state index in [1.807, 2.05) is 26.0 Å². The number of H-pyrrole nitrogens is 1. The molecule has 16 heavy (non-hydrogen) atoms. The molecule has 0 aliphatic carbocycles. The van der Waals surface area contributed by atoms with E-state index < -0.39 is 0 Å². The molecular formula is C9H12BrN5O. The largest absolute Gasteiger partial charge is 0.453 e. The Balaban J connectivity index is 2.00. The molecule has 2 atom stereocenters. The van der Waals surface area contributed by atoms with Crippen LogP contribution in [0, 0.1) is 0 Å². The van der Waals surface area contributed by atoms with Crippen molar-refractivity contribution in [3.8, 4) is 0 Å². The number of rotatable bonds is 4. The van der Waals surface area contributed by atoms with E-state index in [4.69, 9.17) is 4.42 Å². The van der Waals surface area contributed by atoms with Gasteiger partial charge in [0, 0.05) is 0 Å². The normalized spacial score (nSPS) is 14.9. The summed E-state index contributed by atoms with van der Waals surface area (Å²) in [6.07, 6.45) is 0. The van der Waals surface area contributed by atoms with Crippen LogP contribution < -0.4 is 5.32 Å². The highest BCUT2D eigenvalue weighted by Crippen LogP contribution is 2.22. The van der Waals surface area contributed by atoms with Crippen LogP contribution in [0.1, 0.15) is 37.5 Å². The van der Waals surface area contributed by atoms with Gasteiger partial charge in [-0.15, -0.1) is 10.2 Å². The smallest absolute Gasteiger partial charge is 0.191 e. The number of nitrogens with zero attached hydrogens (tertiary/aromatic N) is 3. The van der Waals surface area contributed by atoms with Crippen LogP contribution in [-0.2, 0) is 0 Å². The highest BCUT2D eigenvalue weighted by atomic mass is 79.9. The molecule has 0 aromatic carbocycles. The first kappa shape index (κ1) is 11.3. The van der Waals surface area contributed by atoms with E-state index in [-0.39, 0.29) is 12.1 Å². The van der Waals surface area contributed by atoms with Gasteiger partial charge in [-0.3, -0.25) is 5.32 Å². The monoisotopic (exact) mass is 285 g/mol. The first-order chi connectivity index (χ1) is 7.66. The average molecular weight is 286 g/mol. The summed E-state index contributed by atoms with van der Waals surface area (Å²) >= 11 is 3.27. The Labute approximate surface area is 101 Å². The fraction of sp³-hybridized carbons (Fsp3) is 0.444. The summed E-state index contributed by atoms with van der Waals surface area (Å²) in [5.41, 5.74) is 0. The van der Waals surface area contributed by atoms with Crippen molar-refractivity contribution in [2.45, 2.75) is 25.9 Å². The fourth-order valence-corrected chi connectivity index (χ4v) is 1.76. The van der Waals surface area contributed by atoms with Crippen molar-refractivity contribution in [1.82, 2.24) is 25.9 Å². The zero-order valence-electron chi connectivity index (χ0n) is 8.94. The van der Waals surface area contributed by atoms with Gasteiger partial charge in [0.25, 0.3) is 0 Å². The zero-order valence-corrected chi connectivity index (χ0v) is 10.5. The molecule has 7 heteroatoms. The van der Waals surface area contributed by atoms with Crippen LogP contribution in [0.5, 0.6) is 0 Å². The highest BCUT2D eigenvalue weighted by Gasteiger charge is 2.16. The van der Waals surface area contributed by atoms with Crippen LogP contribution in [0.3, 0.4) is 0 Å². The van der Waals surface area contributed by atoms with Crippen molar-refractivity contribution in [3.05, 3.63) is 28.4 Å². The first-order valence-corrected chi connectivity index (χ1v) is 5.70. The van der Waals surface area contributed by atoms with E-state index >= 15 is 0 Å². The lowest BCUT2D eigenvalue weighted by Gasteiger charge is -2.15. The molecule has 0 spiro atoms. The summed E-state index contributed by atoms with van der Waals surface area (Å²) in [7, 11) is 0. The lowest BCUT2D eigenvalue weighted by Crippen LogP contribution is -2.23. The third kappa shape index (κ3) is 2.48. The van der Waals surface area contributed by atoms with Crippen LogP contribution in [-0.4, -0.2) is 20.6 Å². The Morgan fingerprint density at radius 3 is 2.75 bits per heavy atom. The second kappa shape index (κ2) is 4.75. The number of aromatic nitrogens is 4. The number of tetrazole rings is 1. The summed E-state index contributed by atoms with van der Waals surface area (Å²) < 4.78 is 6.18. The molecular weight excluding hydrogens is 274 g/mol. The molecule has 0 aliphatic heterocycles. The molecule has 2 aromatic heterocycles. The molecule has 2 heterocycles. The Bertz CT molecular complexity index is 440. The second-order valence-corrected chi connectivity index (χ2v) is 4.30. The Hall–Kier alpha value is -1.21.